The predicted molar refractivity (Wildman–Crippen MR) is 70.2 cm³/mol. The highest BCUT2D eigenvalue weighted by molar-refractivity contribution is 5.88. The summed E-state index contributed by atoms with van der Waals surface area (Å²) in [4.78, 5) is 35.3. The van der Waals surface area contributed by atoms with Crippen molar-refractivity contribution in [3.63, 3.8) is 0 Å². The number of carboxylic acids is 1. The lowest BCUT2D eigenvalue weighted by Crippen LogP contribution is -2.52. The number of nitrogens with zero attached hydrogens (tertiary/aromatic N) is 1. The maximum Gasteiger partial charge on any atom is 0.335 e. The Morgan fingerprint density at radius 2 is 2.20 bits per heavy atom. The minimum absolute atomic E-state index is 0.0427. The second kappa shape index (κ2) is 6.05. The third-order valence-corrected chi connectivity index (χ3v) is 2.94. The number of piperazine rings is 1. The standard InChI is InChI=1S/C13H15N3O4/c17-11-8-16(5-4-14-11)13(20)15-7-9-2-1-3-10(6-9)12(18)19/h1-3,6H,4-5,7-8H2,(H,14,17)(H,15,20)(H,18,19). The highest BCUT2D eigenvalue weighted by Crippen LogP contribution is 2.05. The number of carbonyl (C=O) groups is 3. The molecule has 1 heterocycles. The molecular weight excluding hydrogens is 262 g/mol. The van der Waals surface area contributed by atoms with Crippen LogP contribution in [0.2, 0.25) is 0 Å². The van der Waals surface area contributed by atoms with E-state index in [-0.39, 0.29) is 30.6 Å². The number of aromatic carboxylic acids is 1. The molecule has 106 valence electrons. The van der Waals surface area contributed by atoms with E-state index in [0.29, 0.717) is 18.7 Å². The zero-order chi connectivity index (χ0) is 14.5. The Morgan fingerprint density at radius 3 is 2.90 bits per heavy atom. The van der Waals surface area contributed by atoms with E-state index in [0.717, 1.165) is 0 Å². The Bertz CT molecular complexity index is 544. The van der Waals surface area contributed by atoms with Crippen molar-refractivity contribution in [1.29, 1.82) is 0 Å². The SMILES string of the molecule is O=C1CN(C(=O)NCc2cccc(C(=O)O)c2)CCN1. The van der Waals surface area contributed by atoms with E-state index in [1.165, 1.54) is 17.0 Å². The number of rotatable bonds is 3. The number of urea groups is 1. The normalized spacial score (nSPS) is 14.6. The molecule has 0 saturated carbocycles. The topological polar surface area (TPSA) is 98.7 Å². The summed E-state index contributed by atoms with van der Waals surface area (Å²) in [5.74, 6) is -1.19. The van der Waals surface area contributed by atoms with Crippen LogP contribution in [-0.4, -0.2) is 47.5 Å². The first-order valence-electron chi connectivity index (χ1n) is 6.18. The first-order valence-corrected chi connectivity index (χ1v) is 6.18. The Balaban J connectivity index is 1.91. The van der Waals surface area contributed by atoms with Crippen molar-refractivity contribution in [2.75, 3.05) is 19.6 Å². The highest BCUT2D eigenvalue weighted by Gasteiger charge is 2.20. The second-order valence-electron chi connectivity index (χ2n) is 4.44. The molecule has 1 aliphatic heterocycles. The van der Waals surface area contributed by atoms with Crippen LogP contribution in [0.4, 0.5) is 4.79 Å². The van der Waals surface area contributed by atoms with Gasteiger partial charge in [-0.2, -0.15) is 0 Å². The van der Waals surface area contributed by atoms with E-state index in [9.17, 15) is 14.4 Å². The van der Waals surface area contributed by atoms with Crippen LogP contribution >= 0.6 is 0 Å². The second-order valence-corrected chi connectivity index (χ2v) is 4.44. The van der Waals surface area contributed by atoms with Gasteiger partial charge in [0.1, 0.15) is 6.54 Å². The molecule has 0 radical (unpaired) electrons. The molecule has 0 spiro atoms. The first-order chi connectivity index (χ1) is 9.56. The Hall–Kier alpha value is -2.57. The van der Waals surface area contributed by atoms with Crippen molar-refractivity contribution in [1.82, 2.24) is 15.5 Å². The van der Waals surface area contributed by atoms with Gasteiger partial charge in [-0.05, 0) is 17.7 Å². The van der Waals surface area contributed by atoms with Crippen molar-refractivity contribution in [2.45, 2.75) is 6.54 Å². The van der Waals surface area contributed by atoms with Gasteiger partial charge in [0, 0.05) is 19.6 Å². The van der Waals surface area contributed by atoms with E-state index in [1.54, 1.807) is 12.1 Å². The number of hydrogen-bond acceptors (Lipinski definition) is 3. The molecule has 20 heavy (non-hydrogen) atoms. The van der Waals surface area contributed by atoms with Crippen LogP contribution in [0, 0.1) is 0 Å². The van der Waals surface area contributed by atoms with Gasteiger partial charge in [0.25, 0.3) is 0 Å². The van der Waals surface area contributed by atoms with Crippen molar-refractivity contribution in [2.24, 2.45) is 0 Å². The lowest BCUT2D eigenvalue weighted by atomic mass is 10.1. The molecule has 3 amide bonds. The van der Waals surface area contributed by atoms with Crippen LogP contribution in [0.1, 0.15) is 15.9 Å². The monoisotopic (exact) mass is 277 g/mol. The molecule has 1 saturated heterocycles. The molecule has 3 N–H and O–H groups in total. The molecule has 1 aromatic rings. The largest absolute Gasteiger partial charge is 0.478 e. The smallest absolute Gasteiger partial charge is 0.335 e. The van der Waals surface area contributed by atoms with Gasteiger partial charge in [0.05, 0.1) is 5.56 Å². The minimum atomic E-state index is -1.01. The van der Waals surface area contributed by atoms with E-state index in [4.69, 9.17) is 5.11 Å². The molecule has 2 rings (SSSR count). The number of carbonyl (C=O) groups excluding carboxylic acids is 2. The van der Waals surface area contributed by atoms with Crippen molar-refractivity contribution in [3.05, 3.63) is 35.4 Å². The number of benzene rings is 1. The Morgan fingerprint density at radius 1 is 1.40 bits per heavy atom. The molecule has 7 heteroatoms. The van der Waals surface area contributed by atoms with Crippen LogP contribution in [0.3, 0.4) is 0 Å². The number of hydrogen-bond donors (Lipinski definition) is 3. The van der Waals surface area contributed by atoms with Gasteiger partial charge < -0.3 is 20.6 Å². The van der Waals surface area contributed by atoms with Gasteiger partial charge in [-0.25, -0.2) is 9.59 Å². The number of nitrogens with one attached hydrogen (secondary N) is 2. The van der Waals surface area contributed by atoms with Crippen molar-refractivity contribution < 1.29 is 19.5 Å². The summed E-state index contributed by atoms with van der Waals surface area (Å²) in [5.41, 5.74) is 0.869. The predicted octanol–water partition coefficient (Wildman–Crippen LogP) is 0.0262. The van der Waals surface area contributed by atoms with Crippen LogP contribution in [0.25, 0.3) is 0 Å². The molecular formula is C13H15N3O4. The van der Waals surface area contributed by atoms with Crippen LogP contribution < -0.4 is 10.6 Å². The van der Waals surface area contributed by atoms with Crippen LogP contribution in [0.5, 0.6) is 0 Å². The maximum atomic E-state index is 11.9. The minimum Gasteiger partial charge on any atom is -0.478 e. The van der Waals surface area contributed by atoms with Crippen LogP contribution in [-0.2, 0) is 11.3 Å². The molecule has 0 aromatic heterocycles. The first kappa shape index (κ1) is 13.9. The van der Waals surface area contributed by atoms with Crippen molar-refractivity contribution >= 4 is 17.9 Å². The quantitative estimate of drug-likeness (QED) is 0.725. The highest BCUT2D eigenvalue weighted by atomic mass is 16.4. The summed E-state index contributed by atoms with van der Waals surface area (Å²) < 4.78 is 0. The summed E-state index contributed by atoms with van der Waals surface area (Å²) in [6.07, 6.45) is 0. The average molecular weight is 277 g/mol. The molecule has 0 atom stereocenters. The molecule has 0 bridgehead atoms. The zero-order valence-corrected chi connectivity index (χ0v) is 10.8. The summed E-state index contributed by atoms with van der Waals surface area (Å²) in [6, 6.07) is 6.02. The summed E-state index contributed by atoms with van der Waals surface area (Å²) in [7, 11) is 0. The molecule has 7 nitrogen and oxygen atoms in total. The third-order valence-electron chi connectivity index (χ3n) is 2.94. The molecule has 0 aliphatic carbocycles. The molecule has 1 aliphatic rings. The Labute approximate surface area is 115 Å². The zero-order valence-electron chi connectivity index (χ0n) is 10.8. The summed E-state index contributed by atoms with van der Waals surface area (Å²) >= 11 is 0. The van der Waals surface area contributed by atoms with Crippen LogP contribution in [0.15, 0.2) is 24.3 Å². The maximum absolute atomic E-state index is 11.9. The van der Waals surface area contributed by atoms with Gasteiger partial charge in [0.15, 0.2) is 0 Å². The van der Waals surface area contributed by atoms with Crippen molar-refractivity contribution in [3.8, 4) is 0 Å². The van der Waals surface area contributed by atoms with E-state index >= 15 is 0 Å². The third kappa shape index (κ3) is 3.47. The fourth-order valence-corrected chi connectivity index (χ4v) is 1.92. The molecule has 1 fully saturated rings. The number of carboxylic acid groups (broad SMARTS) is 1. The van der Waals surface area contributed by atoms with Gasteiger partial charge >= 0.3 is 12.0 Å². The number of amides is 3. The summed E-state index contributed by atoms with van der Waals surface area (Å²) in [6.45, 7) is 1.17. The van der Waals surface area contributed by atoms with Gasteiger partial charge in [0.2, 0.25) is 5.91 Å². The fourth-order valence-electron chi connectivity index (χ4n) is 1.92. The molecule has 0 unspecified atom stereocenters. The van der Waals surface area contributed by atoms with E-state index < -0.39 is 5.97 Å². The van der Waals surface area contributed by atoms with Gasteiger partial charge in [-0.15, -0.1) is 0 Å². The fraction of sp³-hybridized carbons (Fsp3) is 0.308. The summed E-state index contributed by atoms with van der Waals surface area (Å²) in [5, 5.41) is 14.2. The lowest BCUT2D eigenvalue weighted by Gasteiger charge is -2.26. The van der Waals surface area contributed by atoms with E-state index in [1.807, 2.05) is 0 Å². The average Bonchev–Trinajstić information content (AvgIpc) is 2.45. The van der Waals surface area contributed by atoms with E-state index in [2.05, 4.69) is 10.6 Å². The molecule has 1 aromatic carbocycles. The lowest BCUT2D eigenvalue weighted by molar-refractivity contribution is -0.123. The van der Waals surface area contributed by atoms with Gasteiger partial charge in [-0.3, -0.25) is 4.79 Å². The van der Waals surface area contributed by atoms with Gasteiger partial charge in [-0.1, -0.05) is 12.1 Å². The Kier molecular flexibility index (Phi) is 4.19.